The second kappa shape index (κ2) is 6.14. The smallest absolute Gasteiger partial charge is 0.171 e. The maximum Gasteiger partial charge on any atom is 0.171 e. The van der Waals surface area contributed by atoms with Gasteiger partial charge >= 0.3 is 0 Å². The number of aryl methyl sites for hydroxylation is 2. The van der Waals surface area contributed by atoms with Crippen molar-refractivity contribution in [3.8, 4) is 16.6 Å². The van der Waals surface area contributed by atoms with Gasteiger partial charge < -0.3 is 0 Å². The number of thiazole rings is 1. The number of halogens is 1. The van der Waals surface area contributed by atoms with Crippen LogP contribution >= 0.6 is 11.3 Å². The van der Waals surface area contributed by atoms with Gasteiger partial charge in [-0.2, -0.15) is 5.26 Å². The van der Waals surface area contributed by atoms with E-state index in [-0.39, 0.29) is 11.6 Å². The first-order valence-electron chi connectivity index (χ1n) is 7.60. The van der Waals surface area contributed by atoms with Crippen molar-refractivity contribution in [2.45, 2.75) is 27.2 Å². The molecule has 5 heteroatoms. The summed E-state index contributed by atoms with van der Waals surface area (Å²) in [7, 11) is 0. The predicted molar refractivity (Wildman–Crippen MR) is 93.8 cm³/mol. The van der Waals surface area contributed by atoms with Crippen molar-refractivity contribution in [1.29, 1.82) is 5.26 Å². The van der Waals surface area contributed by atoms with E-state index in [2.05, 4.69) is 11.1 Å². The quantitative estimate of drug-likeness (QED) is 0.628. The molecule has 1 heterocycles. The lowest BCUT2D eigenvalue weighted by atomic mass is 9.95. The molecule has 120 valence electrons. The van der Waals surface area contributed by atoms with Gasteiger partial charge in [-0.1, -0.05) is 13.0 Å². The minimum atomic E-state index is -0.361. The Morgan fingerprint density at radius 3 is 2.71 bits per heavy atom. The second-order valence-electron chi connectivity index (χ2n) is 5.61. The number of benzene rings is 2. The van der Waals surface area contributed by atoms with Crippen LogP contribution in [0.15, 0.2) is 24.3 Å². The number of carbonyl (C=O) groups excluding carboxylic acids is 1. The Morgan fingerprint density at radius 1 is 1.38 bits per heavy atom. The van der Waals surface area contributed by atoms with Gasteiger partial charge in [-0.15, -0.1) is 11.3 Å². The third-order valence-corrected chi connectivity index (χ3v) is 5.32. The number of aromatic nitrogens is 1. The van der Waals surface area contributed by atoms with Gasteiger partial charge in [-0.3, -0.25) is 4.79 Å². The van der Waals surface area contributed by atoms with E-state index in [1.54, 1.807) is 25.1 Å². The van der Waals surface area contributed by atoms with Crippen molar-refractivity contribution in [2.24, 2.45) is 0 Å². The summed E-state index contributed by atoms with van der Waals surface area (Å²) in [6.07, 6.45) is 0.718. The Morgan fingerprint density at radius 2 is 2.12 bits per heavy atom. The maximum atomic E-state index is 14.3. The van der Waals surface area contributed by atoms with Gasteiger partial charge in [0.2, 0.25) is 0 Å². The lowest BCUT2D eigenvalue weighted by Gasteiger charge is -2.09. The molecule has 0 bridgehead atoms. The summed E-state index contributed by atoms with van der Waals surface area (Å²) in [5.41, 5.74) is 2.68. The molecule has 0 amide bonds. The molecule has 0 aliphatic rings. The summed E-state index contributed by atoms with van der Waals surface area (Å²) < 4.78 is 14.3. The van der Waals surface area contributed by atoms with Crippen LogP contribution in [-0.2, 0) is 6.42 Å². The van der Waals surface area contributed by atoms with Crippen molar-refractivity contribution in [1.82, 2.24) is 4.98 Å². The van der Waals surface area contributed by atoms with Crippen LogP contribution in [0.4, 0.5) is 4.39 Å². The fraction of sp³-hybridized carbons (Fsp3) is 0.211. The lowest BCUT2D eigenvalue weighted by Crippen LogP contribution is -1.92. The van der Waals surface area contributed by atoms with Crippen molar-refractivity contribution in [3.63, 3.8) is 0 Å². The number of fused-ring (bicyclic) bond motifs is 1. The van der Waals surface area contributed by atoms with Crippen LogP contribution in [0.2, 0.25) is 0 Å². The van der Waals surface area contributed by atoms with E-state index >= 15 is 0 Å². The molecule has 1 aromatic heterocycles. The Balaban J connectivity index is 2.32. The van der Waals surface area contributed by atoms with E-state index in [0.717, 1.165) is 12.0 Å². The first kappa shape index (κ1) is 16.3. The Labute approximate surface area is 143 Å². The average Bonchev–Trinajstić information content (AvgIpc) is 2.96. The molecule has 2 aromatic carbocycles. The van der Waals surface area contributed by atoms with E-state index in [1.807, 2.05) is 6.92 Å². The molecular weight excluding hydrogens is 323 g/mol. The highest BCUT2D eigenvalue weighted by Gasteiger charge is 2.17. The first-order chi connectivity index (χ1) is 11.5. The normalized spacial score (nSPS) is 10.8. The van der Waals surface area contributed by atoms with Crippen molar-refractivity contribution in [2.75, 3.05) is 0 Å². The number of carbonyl (C=O) groups is 1. The van der Waals surface area contributed by atoms with Gasteiger partial charge in [0.15, 0.2) is 5.78 Å². The summed E-state index contributed by atoms with van der Waals surface area (Å²) in [5.74, 6) is -0.405. The molecule has 0 N–H and O–H groups in total. The predicted octanol–water partition coefficient (Wildman–Crippen LogP) is 5.05. The molecule has 0 saturated heterocycles. The zero-order chi connectivity index (χ0) is 17.4. The van der Waals surface area contributed by atoms with Crippen molar-refractivity contribution < 1.29 is 9.18 Å². The van der Waals surface area contributed by atoms with E-state index in [1.165, 1.54) is 24.3 Å². The molecule has 0 fully saturated rings. The number of ketones is 1. The van der Waals surface area contributed by atoms with E-state index < -0.39 is 0 Å². The van der Waals surface area contributed by atoms with Gasteiger partial charge in [0, 0.05) is 23.3 Å². The fourth-order valence-electron chi connectivity index (χ4n) is 2.88. The minimum Gasteiger partial charge on any atom is -0.294 e. The standard InChI is InChI=1S/C19H15FN2OS/c1-4-12-5-6-16(20)15-8-13(7-14(9-21)17(12)15)19-22-10(2)18(24-19)11(3)23/h5-8H,4H2,1-3H3. The highest BCUT2D eigenvalue weighted by molar-refractivity contribution is 7.17. The SMILES string of the molecule is CCc1ccc(F)c2cc(-c3nc(C)c(C(C)=O)s3)cc(C#N)c12. The third-order valence-electron chi connectivity index (χ3n) is 4.01. The van der Waals surface area contributed by atoms with E-state index in [4.69, 9.17) is 0 Å². The van der Waals surface area contributed by atoms with Gasteiger partial charge in [-0.25, -0.2) is 9.37 Å². The monoisotopic (exact) mass is 338 g/mol. The van der Waals surface area contributed by atoms with Crippen LogP contribution in [0.5, 0.6) is 0 Å². The van der Waals surface area contributed by atoms with Gasteiger partial charge in [-0.05, 0) is 37.1 Å². The summed E-state index contributed by atoms with van der Waals surface area (Å²) in [6.45, 7) is 5.25. The molecule has 0 spiro atoms. The Kier molecular flexibility index (Phi) is 4.16. The topological polar surface area (TPSA) is 53.8 Å². The summed E-state index contributed by atoms with van der Waals surface area (Å²) in [6, 6.07) is 8.76. The van der Waals surface area contributed by atoms with Crippen LogP contribution in [0, 0.1) is 24.1 Å². The average molecular weight is 338 g/mol. The third kappa shape index (κ3) is 2.59. The number of Topliss-reactive ketones (excluding diaryl/α,β-unsaturated/α-hetero) is 1. The summed E-state index contributed by atoms with van der Waals surface area (Å²) in [4.78, 5) is 16.7. The molecule has 24 heavy (non-hydrogen) atoms. The molecule has 3 nitrogen and oxygen atoms in total. The molecule has 0 saturated carbocycles. The molecule has 0 aliphatic carbocycles. The molecular formula is C19H15FN2OS. The van der Waals surface area contributed by atoms with Gasteiger partial charge in [0.25, 0.3) is 0 Å². The van der Waals surface area contributed by atoms with Crippen molar-refractivity contribution in [3.05, 3.63) is 51.8 Å². The van der Waals surface area contributed by atoms with Crippen LogP contribution in [0.1, 0.15) is 40.3 Å². The minimum absolute atomic E-state index is 0.0444. The molecule has 3 rings (SSSR count). The van der Waals surface area contributed by atoms with Crippen LogP contribution < -0.4 is 0 Å². The summed E-state index contributed by atoms with van der Waals surface area (Å²) >= 11 is 1.27. The number of rotatable bonds is 3. The number of hydrogen-bond acceptors (Lipinski definition) is 4. The summed E-state index contributed by atoms with van der Waals surface area (Å²) in [5, 5.41) is 11.2. The number of nitrogens with zero attached hydrogens (tertiary/aromatic N) is 2. The van der Waals surface area contributed by atoms with Crippen LogP contribution in [0.25, 0.3) is 21.3 Å². The molecule has 0 unspecified atom stereocenters. The molecule has 0 atom stereocenters. The molecule has 0 radical (unpaired) electrons. The van der Waals surface area contributed by atoms with E-state index in [0.29, 0.717) is 37.5 Å². The van der Waals surface area contributed by atoms with Crippen molar-refractivity contribution >= 4 is 27.9 Å². The maximum absolute atomic E-state index is 14.3. The largest absolute Gasteiger partial charge is 0.294 e. The highest BCUT2D eigenvalue weighted by atomic mass is 32.1. The number of hydrogen-bond donors (Lipinski definition) is 0. The second-order valence-corrected chi connectivity index (χ2v) is 6.61. The zero-order valence-electron chi connectivity index (χ0n) is 13.6. The van der Waals surface area contributed by atoms with Crippen LogP contribution in [-0.4, -0.2) is 10.8 Å². The number of nitriles is 1. The van der Waals surface area contributed by atoms with Crippen LogP contribution in [0.3, 0.4) is 0 Å². The Hall–Kier alpha value is -2.58. The lowest BCUT2D eigenvalue weighted by molar-refractivity contribution is 0.102. The Bertz CT molecular complexity index is 1010. The highest BCUT2D eigenvalue weighted by Crippen LogP contribution is 2.34. The van der Waals surface area contributed by atoms with Gasteiger partial charge in [0.1, 0.15) is 10.8 Å². The fourth-order valence-corrected chi connectivity index (χ4v) is 3.82. The molecule has 0 aliphatic heterocycles. The van der Waals surface area contributed by atoms with Gasteiger partial charge in [0.05, 0.1) is 22.2 Å². The molecule has 3 aromatic rings. The first-order valence-corrected chi connectivity index (χ1v) is 8.41. The van der Waals surface area contributed by atoms with E-state index in [9.17, 15) is 14.4 Å². The zero-order valence-corrected chi connectivity index (χ0v) is 14.4.